The minimum absolute atomic E-state index is 0.231. The average Bonchev–Trinajstić information content (AvgIpc) is 2.54. The fraction of sp³-hybridized carbons (Fsp3) is 0.222. The number of methoxy groups -OCH3 is 1. The van der Waals surface area contributed by atoms with Crippen molar-refractivity contribution in [1.82, 2.24) is 0 Å². The van der Waals surface area contributed by atoms with Gasteiger partial charge >= 0.3 is 6.18 Å². The Hall–Kier alpha value is -3.03. The third kappa shape index (κ3) is 5.23. The normalized spacial score (nSPS) is 11.0. The molecule has 2 aromatic rings. The number of nitrogens with one attached hydrogen (secondary N) is 2. The van der Waals surface area contributed by atoms with Crippen LogP contribution in [0.25, 0.3) is 0 Å². The Morgan fingerprint density at radius 2 is 1.81 bits per heavy atom. The first-order valence-corrected chi connectivity index (χ1v) is 7.60. The Bertz CT molecular complexity index is 820. The van der Waals surface area contributed by atoms with Crippen molar-refractivity contribution in [3.8, 4) is 5.75 Å². The molecule has 0 saturated heterocycles. The highest BCUT2D eigenvalue weighted by atomic mass is 19.4. The summed E-state index contributed by atoms with van der Waals surface area (Å²) in [5, 5.41) is 5.16. The lowest BCUT2D eigenvalue weighted by molar-refractivity contribution is -0.137. The highest BCUT2D eigenvalue weighted by Crippen LogP contribution is 2.30. The van der Waals surface area contributed by atoms with Crippen molar-refractivity contribution in [2.75, 3.05) is 17.7 Å². The summed E-state index contributed by atoms with van der Waals surface area (Å²) >= 11 is 0. The van der Waals surface area contributed by atoms with Crippen LogP contribution < -0.4 is 15.4 Å². The first-order valence-electron chi connectivity index (χ1n) is 7.60. The number of alkyl halides is 3. The number of benzene rings is 2. The van der Waals surface area contributed by atoms with E-state index < -0.39 is 17.6 Å². The van der Waals surface area contributed by atoms with E-state index in [1.165, 1.54) is 32.2 Å². The Morgan fingerprint density at radius 1 is 1.08 bits per heavy atom. The summed E-state index contributed by atoms with van der Waals surface area (Å²) in [6.45, 7) is 1.34. The number of halogens is 3. The van der Waals surface area contributed by atoms with Crippen LogP contribution in [0.15, 0.2) is 42.5 Å². The molecule has 0 heterocycles. The quantitative estimate of drug-likeness (QED) is 0.845. The minimum Gasteiger partial charge on any atom is -0.495 e. The van der Waals surface area contributed by atoms with Crippen LogP contribution in [0.2, 0.25) is 0 Å². The van der Waals surface area contributed by atoms with Crippen molar-refractivity contribution in [2.45, 2.75) is 19.5 Å². The predicted octanol–water partition coefficient (Wildman–Crippen LogP) is 3.85. The molecule has 0 aliphatic rings. The van der Waals surface area contributed by atoms with Crippen molar-refractivity contribution in [1.29, 1.82) is 0 Å². The summed E-state index contributed by atoms with van der Waals surface area (Å²) in [7, 11) is 1.41. The smallest absolute Gasteiger partial charge is 0.416 e. The maximum Gasteiger partial charge on any atom is 0.416 e. The summed E-state index contributed by atoms with van der Waals surface area (Å²) in [5.74, 6) is -0.435. The van der Waals surface area contributed by atoms with Crippen LogP contribution in [0.1, 0.15) is 18.1 Å². The molecule has 2 amide bonds. The molecule has 138 valence electrons. The second kappa shape index (κ2) is 7.90. The van der Waals surface area contributed by atoms with Gasteiger partial charge in [-0.15, -0.1) is 0 Å². The Balaban J connectivity index is 2.16. The van der Waals surface area contributed by atoms with E-state index in [4.69, 9.17) is 4.74 Å². The van der Waals surface area contributed by atoms with Crippen molar-refractivity contribution in [3.05, 3.63) is 53.6 Å². The molecule has 0 bridgehead atoms. The van der Waals surface area contributed by atoms with Crippen LogP contribution >= 0.6 is 0 Å². The average molecular weight is 366 g/mol. The van der Waals surface area contributed by atoms with Gasteiger partial charge in [0.15, 0.2) is 0 Å². The number of hydrogen-bond acceptors (Lipinski definition) is 3. The molecule has 0 aromatic heterocycles. The van der Waals surface area contributed by atoms with E-state index in [-0.39, 0.29) is 17.9 Å². The second-order valence-corrected chi connectivity index (χ2v) is 5.52. The van der Waals surface area contributed by atoms with Gasteiger partial charge in [0, 0.05) is 12.6 Å². The van der Waals surface area contributed by atoms with Gasteiger partial charge in [0.25, 0.3) is 0 Å². The lowest BCUT2D eigenvalue weighted by Gasteiger charge is -2.13. The molecule has 8 heteroatoms. The zero-order valence-corrected chi connectivity index (χ0v) is 14.1. The predicted molar refractivity (Wildman–Crippen MR) is 91.1 cm³/mol. The summed E-state index contributed by atoms with van der Waals surface area (Å²) < 4.78 is 43.4. The van der Waals surface area contributed by atoms with Gasteiger partial charge in [-0.25, -0.2) is 0 Å². The van der Waals surface area contributed by atoms with Crippen LogP contribution in [0.5, 0.6) is 5.75 Å². The van der Waals surface area contributed by atoms with Gasteiger partial charge in [-0.2, -0.15) is 13.2 Å². The maximum atomic E-state index is 12.7. The van der Waals surface area contributed by atoms with Gasteiger partial charge in [0.1, 0.15) is 5.75 Å². The number of hydrogen-bond donors (Lipinski definition) is 2. The number of carbonyl (C=O) groups excluding carboxylic acids is 2. The number of anilines is 2. The number of amides is 2. The molecule has 0 aliphatic heterocycles. The third-order valence-corrected chi connectivity index (χ3v) is 3.41. The highest BCUT2D eigenvalue weighted by molar-refractivity contribution is 5.95. The zero-order valence-electron chi connectivity index (χ0n) is 14.1. The van der Waals surface area contributed by atoms with E-state index in [1.54, 1.807) is 12.1 Å². The van der Waals surface area contributed by atoms with Gasteiger partial charge in [-0.05, 0) is 29.8 Å². The lowest BCUT2D eigenvalue weighted by atomic mass is 10.1. The summed E-state index contributed by atoms with van der Waals surface area (Å²) in [6, 6.07) is 9.24. The van der Waals surface area contributed by atoms with Crippen LogP contribution in [0, 0.1) is 0 Å². The molecule has 0 spiro atoms. The molecule has 0 saturated carbocycles. The lowest BCUT2D eigenvalue weighted by Crippen LogP contribution is -2.16. The van der Waals surface area contributed by atoms with Gasteiger partial charge in [-0.3, -0.25) is 9.59 Å². The highest BCUT2D eigenvalue weighted by Gasteiger charge is 2.30. The standard InChI is InChI=1S/C18H17F3N2O3/c1-11(24)22-14-6-7-16(26-2)15(10-14)23-17(25)9-12-4-3-5-13(8-12)18(19,20)21/h3-8,10H,9H2,1-2H3,(H,22,24)(H,23,25). The first-order chi connectivity index (χ1) is 12.2. The molecule has 0 unspecified atom stereocenters. The van der Waals surface area contributed by atoms with E-state index in [2.05, 4.69) is 10.6 Å². The van der Waals surface area contributed by atoms with Crippen molar-refractivity contribution >= 4 is 23.2 Å². The molecule has 26 heavy (non-hydrogen) atoms. The Labute approximate surface area is 148 Å². The van der Waals surface area contributed by atoms with Gasteiger partial charge in [0.2, 0.25) is 11.8 Å². The SMILES string of the molecule is COc1ccc(NC(C)=O)cc1NC(=O)Cc1cccc(C(F)(F)F)c1. The van der Waals surface area contributed by atoms with Gasteiger partial charge < -0.3 is 15.4 Å². The molecular formula is C18H17F3N2O3. The van der Waals surface area contributed by atoms with E-state index in [9.17, 15) is 22.8 Å². The Morgan fingerprint density at radius 3 is 2.42 bits per heavy atom. The Kier molecular flexibility index (Phi) is 5.86. The summed E-state index contributed by atoms with van der Waals surface area (Å²) in [4.78, 5) is 23.3. The van der Waals surface area contributed by atoms with E-state index in [1.807, 2.05) is 0 Å². The molecule has 2 rings (SSSR count). The maximum absolute atomic E-state index is 12.7. The molecule has 2 N–H and O–H groups in total. The van der Waals surface area contributed by atoms with Gasteiger partial charge in [-0.1, -0.05) is 18.2 Å². The topological polar surface area (TPSA) is 67.4 Å². The van der Waals surface area contributed by atoms with E-state index in [0.29, 0.717) is 17.1 Å². The van der Waals surface area contributed by atoms with Crippen molar-refractivity contribution in [2.24, 2.45) is 0 Å². The fourth-order valence-electron chi connectivity index (χ4n) is 2.32. The van der Waals surface area contributed by atoms with E-state index >= 15 is 0 Å². The molecule has 0 atom stereocenters. The zero-order chi connectivity index (χ0) is 19.3. The molecule has 0 fully saturated rings. The monoisotopic (exact) mass is 366 g/mol. The minimum atomic E-state index is -4.47. The van der Waals surface area contributed by atoms with Crippen LogP contribution in [-0.2, 0) is 22.2 Å². The largest absolute Gasteiger partial charge is 0.495 e. The van der Waals surface area contributed by atoms with Crippen LogP contribution in [-0.4, -0.2) is 18.9 Å². The van der Waals surface area contributed by atoms with Crippen molar-refractivity contribution in [3.63, 3.8) is 0 Å². The molecular weight excluding hydrogens is 349 g/mol. The van der Waals surface area contributed by atoms with E-state index in [0.717, 1.165) is 12.1 Å². The number of rotatable bonds is 5. The summed E-state index contributed by atoms with van der Waals surface area (Å²) in [6.07, 6.45) is -4.71. The molecule has 5 nitrogen and oxygen atoms in total. The van der Waals surface area contributed by atoms with Gasteiger partial charge in [0.05, 0.1) is 24.8 Å². The first kappa shape index (κ1) is 19.3. The number of carbonyl (C=O) groups is 2. The molecule has 0 aliphatic carbocycles. The van der Waals surface area contributed by atoms with Crippen LogP contribution in [0.3, 0.4) is 0 Å². The van der Waals surface area contributed by atoms with Crippen LogP contribution in [0.4, 0.5) is 24.5 Å². The number of ether oxygens (including phenoxy) is 1. The van der Waals surface area contributed by atoms with Crippen molar-refractivity contribution < 1.29 is 27.5 Å². The third-order valence-electron chi connectivity index (χ3n) is 3.41. The fourth-order valence-corrected chi connectivity index (χ4v) is 2.32. The summed E-state index contributed by atoms with van der Waals surface area (Å²) in [5.41, 5.74) is 0.172. The molecule has 0 radical (unpaired) electrons. The second-order valence-electron chi connectivity index (χ2n) is 5.52. The molecule has 2 aromatic carbocycles.